The van der Waals surface area contributed by atoms with Crippen molar-refractivity contribution in [3.05, 3.63) is 24.2 Å². The van der Waals surface area contributed by atoms with Gasteiger partial charge in [0, 0.05) is 18.0 Å². The number of rotatable bonds is 4. The van der Waals surface area contributed by atoms with E-state index in [4.69, 9.17) is 4.42 Å². The first-order chi connectivity index (χ1) is 8.34. The lowest BCUT2D eigenvalue weighted by atomic mass is 9.76. The third kappa shape index (κ3) is 2.14. The van der Waals surface area contributed by atoms with Crippen molar-refractivity contribution >= 4 is 0 Å². The molecule has 0 atom stereocenters. The van der Waals surface area contributed by atoms with Gasteiger partial charge in [0.25, 0.3) is 0 Å². The Morgan fingerprint density at radius 2 is 2.18 bits per heavy atom. The number of nitrogens with zero attached hydrogens (tertiary/aromatic N) is 1. The molecule has 17 heavy (non-hydrogen) atoms. The van der Waals surface area contributed by atoms with Crippen LogP contribution in [-0.4, -0.2) is 37.6 Å². The molecule has 2 aliphatic rings. The van der Waals surface area contributed by atoms with E-state index >= 15 is 0 Å². The predicted molar refractivity (Wildman–Crippen MR) is 68.1 cm³/mol. The minimum Gasteiger partial charge on any atom is -0.469 e. The molecule has 0 amide bonds. The first-order valence-electron chi connectivity index (χ1n) is 6.77. The van der Waals surface area contributed by atoms with E-state index in [-0.39, 0.29) is 5.41 Å². The van der Waals surface area contributed by atoms with Crippen molar-refractivity contribution < 1.29 is 4.42 Å². The van der Waals surface area contributed by atoms with E-state index in [1.165, 1.54) is 44.5 Å². The molecule has 3 heteroatoms. The maximum absolute atomic E-state index is 5.68. The Morgan fingerprint density at radius 3 is 2.71 bits per heavy atom. The molecule has 1 saturated heterocycles. The van der Waals surface area contributed by atoms with Gasteiger partial charge in [0.2, 0.25) is 0 Å². The molecule has 1 N–H and O–H groups in total. The molecule has 1 aliphatic heterocycles. The number of piperidine rings is 1. The van der Waals surface area contributed by atoms with Gasteiger partial charge in [0.05, 0.1) is 6.26 Å². The van der Waals surface area contributed by atoms with E-state index in [1.54, 1.807) is 6.26 Å². The van der Waals surface area contributed by atoms with Crippen molar-refractivity contribution in [3.63, 3.8) is 0 Å². The van der Waals surface area contributed by atoms with Gasteiger partial charge in [-0.15, -0.1) is 0 Å². The van der Waals surface area contributed by atoms with Crippen molar-refractivity contribution in [1.29, 1.82) is 0 Å². The fraction of sp³-hybridized carbons (Fsp3) is 0.714. The predicted octanol–water partition coefficient (Wildman–Crippen LogP) is 1.99. The van der Waals surface area contributed by atoms with Crippen LogP contribution in [0.15, 0.2) is 22.8 Å². The van der Waals surface area contributed by atoms with E-state index in [0.717, 1.165) is 12.6 Å². The SMILES string of the molecule is CNCC1(c2ccco2)CCN(C2CC2)CC1. The van der Waals surface area contributed by atoms with E-state index in [2.05, 4.69) is 16.3 Å². The molecule has 1 aromatic heterocycles. The second-order valence-corrected chi connectivity index (χ2v) is 5.56. The molecule has 1 aromatic rings. The summed E-state index contributed by atoms with van der Waals surface area (Å²) in [6.45, 7) is 3.49. The number of nitrogens with one attached hydrogen (secondary N) is 1. The van der Waals surface area contributed by atoms with Crippen LogP contribution < -0.4 is 5.32 Å². The number of likely N-dealkylation sites (N-methyl/N-ethyl adjacent to an activating group) is 1. The molecule has 1 saturated carbocycles. The Balaban J connectivity index is 1.73. The molecule has 1 aliphatic carbocycles. The van der Waals surface area contributed by atoms with Gasteiger partial charge in [-0.3, -0.25) is 0 Å². The standard InChI is InChI=1S/C14H22N2O/c1-15-11-14(13-3-2-10-17-13)6-8-16(9-7-14)12-4-5-12/h2-3,10,12,15H,4-9,11H2,1H3. The van der Waals surface area contributed by atoms with Gasteiger partial charge in [-0.05, 0) is 58.0 Å². The second kappa shape index (κ2) is 4.46. The van der Waals surface area contributed by atoms with E-state index in [0.29, 0.717) is 0 Å². The highest BCUT2D eigenvalue weighted by Crippen LogP contribution is 2.38. The zero-order chi connectivity index (χ0) is 11.7. The third-order valence-corrected chi connectivity index (χ3v) is 4.38. The highest BCUT2D eigenvalue weighted by molar-refractivity contribution is 5.17. The fourth-order valence-corrected chi connectivity index (χ4v) is 3.19. The van der Waals surface area contributed by atoms with Crippen LogP contribution in [0.5, 0.6) is 0 Å². The van der Waals surface area contributed by atoms with Gasteiger partial charge in [0.1, 0.15) is 5.76 Å². The lowest BCUT2D eigenvalue weighted by Gasteiger charge is -2.40. The van der Waals surface area contributed by atoms with Crippen molar-refractivity contribution in [2.75, 3.05) is 26.7 Å². The molecule has 0 aromatic carbocycles. The monoisotopic (exact) mass is 234 g/mol. The third-order valence-electron chi connectivity index (χ3n) is 4.38. The summed E-state index contributed by atoms with van der Waals surface area (Å²) in [6.07, 6.45) is 7.08. The Kier molecular flexibility index (Phi) is 2.97. The maximum atomic E-state index is 5.68. The summed E-state index contributed by atoms with van der Waals surface area (Å²) in [5.41, 5.74) is 0.226. The average molecular weight is 234 g/mol. The van der Waals surface area contributed by atoms with Crippen LogP contribution in [0.3, 0.4) is 0 Å². The molecule has 0 radical (unpaired) electrons. The quantitative estimate of drug-likeness (QED) is 0.863. The van der Waals surface area contributed by atoms with Crippen LogP contribution in [0.2, 0.25) is 0 Å². The number of furan rings is 1. The van der Waals surface area contributed by atoms with Gasteiger partial charge in [0.15, 0.2) is 0 Å². The average Bonchev–Trinajstić information content (AvgIpc) is 3.05. The summed E-state index contributed by atoms with van der Waals surface area (Å²) in [5.74, 6) is 1.17. The van der Waals surface area contributed by atoms with Gasteiger partial charge in [-0.25, -0.2) is 0 Å². The lowest BCUT2D eigenvalue weighted by Crippen LogP contribution is -2.47. The Bertz CT molecular complexity index is 348. The van der Waals surface area contributed by atoms with Crippen LogP contribution >= 0.6 is 0 Å². The van der Waals surface area contributed by atoms with Crippen molar-refractivity contribution in [2.24, 2.45) is 0 Å². The summed E-state index contributed by atoms with van der Waals surface area (Å²) in [7, 11) is 2.04. The number of hydrogen-bond donors (Lipinski definition) is 1. The first-order valence-corrected chi connectivity index (χ1v) is 6.77. The lowest BCUT2D eigenvalue weighted by molar-refractivity contribution is 0.135. The molecular formula is C14H22N2O. The van der Waals surface area contributed by atoms with Gasteiger partial charge < -0.3 is 14.6 Å². The minimum absolute atomic E-state index is 0.226. The number of hydrogen-bond acceptors (Lipinski definition) is 3. The van der Waals surface area contributed by atoms with E-state index in [1.807, 2.05) is 13.1 Å². The molecule has 0 unspecified atom stereocenters. The molecule has 0 spiro atoms. The largest absolute Gasteiger partial charge is 0.469 e. The Hall–Kier alpha value is -0.800. The van der Waals surface area contributed by atoms with Crippen LogP contribution in [0.25, 0.3) is 0 Å². The topological polar surface area (TPSA) is 28.4 Å². The summed E-state index contributed by atoms with van der Waals surface area (Å²) < 4.78 is 5.68. The van der Waals surface area contributed by atoms with Crippen LogP contribution in [0.1, 0.15) is 31.4 Å². The van der Waals surface area contributed by atoms with E-state index < -0.39 is 0 Å². The van der Waals surface area contributed by atoms with Crippen molar-refractivity contribution in [3.8, 4) is 0 Å². The second-order valence-electron chi connectivity index (χ2n) is 5.56. The molecular weight excluding hydrogens is 212 g/mol. The first kappa shape index (κ1) is 11.3. The molecule has 2 fully saturated rings. The van der Waals surface area contributed by atoms with Gasteiger partial charge in [-0.1, -0.05) is 0 Å². The summed E-state index contributed by atoms with van der Waals surface area (Å²) >= 11 is 0. The Labute approximate surface area is 103 Å². The summed E-state index contributed by atoms with van der Waals surface area (Å²) in [4.78, 5) is 2.66. The Morgan fingerprint density at radius 1 is 1.41 bits per heavy atom. The summed E-state index contributed by atoms with van der Waals surface area (Å²) in [5, 5.41) is 3.35. The zero-order valence-electron chi connectivity index (χ0n) is 10.6. The highest BCUT2D eigenvalue weighted by atomic mass is 16.3. The van der Waals surface area contributed by atoms with Crippen LogP contribution in [0.4, 0.5) is 0 Å². The maximum Gasteiger partial charge on any atom is 0.111 e. The molecule has 3 nitrogen and oxygen atoms in total. The zero-order valence-corrected chi connectivity index (χ0v) is 10.6. The fourth-order valence-electron chi connectivity index (χ4n) is 3.19. The van der Waals surface area contributed by atoms with Crippen LogP contribution in [0, 0.1) is 0 Å². The van der Waals surface area contributed by atoms with Crippen molar-refractivity contribution in [1.82, 2.24) is 10.2 Å². The smallest absolute Gasteiger partial charge is 0.111 e. The highest BCUT2D eigenvalue weighted by Gasteiger charge is 2.41. The van der Waals surface area contributed by atoms with Crippen LogP contribution in [-0.2, 0) is 5.41 Å². The molecule has 0 bridgehead atoms. The minimum atomic E-state index is 0.226. The molecule has 94 valence electrons. The van der Waals surface area contributed by atoms with E-state index in [9.17, 15) is 0 Å². The molecule has 3 rings (SSSR count). The van der Waals surface area contributed by atoms with Crippen molar-refractivity contribution in [2.45, 2.75) is 37.1 Å². The normalized spacial score (nSPS) is 25.0. The van der Waals surface area contributed by atoms with Gasteiger partial charge >= 0.3 is 0 Å². The number of likely N-dealkylation sites (tertiary alicyclic amines) is 1. The summed E-state index contributed by atoms with van der Waals surface area (Å²) in [6, 6.07) is 5.06. The molecule has 2 heterocycles. The van der Waals surface area contributed by atoms with Gasteiger partial charge in [-0.2, -0.15) is 0 Å².